The SMILES string of the molecule is COc1c(C)cc(C)cc1-c1nc2c(C)cccn2c1N=O. The molecule has 0 amide bonds. The summed E-state index contributed by atoms with van der Waals surface area (Å²) in [4.78, 5) is 16.0. The van der Waals surface area contributed by atoms with Gasteiger partial charge in [-0.2, -0.15) is 0 Å². The summed E-state index contributed by atoms with van der Waals surface area (Å²) in [5, 5.41) is 3.21. The molecule has 5 nitrogen and oxygen atoms in total. The van der Waals surface area contributed by atoms with E-state index in [-0.39, 0.29) is 0 Å². The fraction of sp³-hybridized carbons (Fsp3) is 0.235. The van der Waals surface area contributed by atoms with Crippen LogP contribution in [0.25, 0.3) is 16.9 Å². The standard InChI is InChI=1S/C17H17N3O2/c1-10-8-12(3)15(22-4)13(9-10)14-17(19-21)20-7-5-6-11(2)16(20)18-14/h5-9H,1-4H3. The normalized spacial score (nSPS) is 10.9. The fourth-order valence-electron chi connectivity index (χ4n) is 2.86. The Hall–Kier alpha value is -2.69. The average Bonchev–Trinajstić information content (AvgIpc) is 2.86. The number of benzene rings is 1. The van der Waals surface area contributed by atoms with Crippen LogP contribution in [0.5, 0.6) is 5.75 Å². The van der Waals surface area contributed by atoms with Crippen molar-refractivity contribution in [2.45, 2.75) is 20.8 Å². The maximum atomic E-state index is 11.4. The van der Waals surface area contributed by atoms with Crippen molar-refractivity contribution in [2.24, 2.45) is 5.18 Å². The van der Waals surface area contributed by atoms with Crippen LogP contribution in [0.1, 0.15) is 16.7 Å². The number of aryl methyl sites for hydroxylation is 3. The van der Waals surface area contributed by atoms with E-state index in [1.165, 1.54) is 0 Å². The van der Waals surface area contributed by atoms with Gasteiger partial charge in [0, 0.05) is 11.8 Å². The number of aromatic nitrogens is 2. The number of pyridine rings is 1. The zero-order chi connectivity index (χ0) is 15.9. The number of methoxy groups -OCH3 is 1. The molecule has 5 heteroatoms. The number of rotatable bonds is 3. The Kier molecular flexibility index (Phi) is 3.41. The summed E-state index contributed by atoms with van der Waals surface area (Å²) < 4.78 is 7.24. The Balaban J connectivity index is 2.40. The van der Waals surface area contributed by atoms with Crippen molar-refractivity contribution in [3.8, 4) is 17.0 Å². The molecule has 0 aliphatic heterocycles. The van der Waals surface area contributed by atoms with Crippen LogP contribution in [0.4, 0.5) is 5.82 Å². The lowest BCUT2D eigenvalue weighted by Crippen LogP contribution is -1.93. The van der Waals surface area contributed by atoms with Crippen molar-refractivity contribution in [1.82, 2.24) is 9.38 Å². The number of fused-ring (bicyclic) bond motifs is 1. The third-order valence-electron chi connectivity index (χ3n) is 3.78. The Bertz CT molecular complexity index is 881. The van der Waals surface area contributed by atoms with Gasteiger partial charge in [-0.15, -0.1) is 4.91 Å². The molecule has 0 saturated carbocycles. The van der Waals surface area contributed by atoms with E-state index in [1.54, 1.807) is 17.7 Å². The minimum atomic E-state index is 0.294. The second-order valence-corrected chi connectivity index (χ2v) is 5.42. The summed E-state index contributed by atoms with van der Waals surface area (Å²) in [5.74, 6) is 1.01. The molecule has 0 aliphatic rings. The quantitative estimate of drug-likeness (QED) is 0.676. The predicted octanol–water partition coefficient (Wildman–Crippen LogP) is 4.33. The topological polar surface area (TPSA) is 56.0 Å². The molecule has 0 spiro atoms. The van der Waals surface area contributed by atoms with Gasteiger partial charge in [0.25, 0.3) is 0 Å². The van der Waals surface area contributed by atoms with E-state index in [1.807, 2.05) is 45.0 Å². The molecule has 3 rings (SSSR count). The molecule has 0 aliphatic carbocycles. The van der Waals surface area contributed by atoms with Crippen molar-refractivity contribution < 1.29 is 4.74 Å². The van der Waals surface area contributed by atoms with Gasteiger partial charge in [0.15, 0.2) is 0 Å². The summed E-state index contributed by atoms with van der Waals surface area (Å²) in [6, 6.07) is 7.84. The fourth-order valence-corrected chi connectivity index (χ4v) is 2.86. The highest BCUT2D eigenvalue weighted by atomic mass is 16.5. The number of ether oxygens (including phenoxy) is 1. The van der Waals surface area contributed by atoms with E-state index in [0.29, 0.717) is 11.5 Å². The largest absolute Gasteiger partial charge is 0.496 e. The van der Waals surface area contributed by atoms with Gasteiger partial charge < -0.3 is 4.74 Å². The summed E-state index contributed by atoms with van der Waals surface area (Å²) in [6.45, 7) is 5.94. The molecule has 0 atom stereocenters. The maximum absolute atomic E-state index is 11.4. The molecule has 0 fully saturated rings. The monoisotopic (exact) mass is 295 g/mol. The number of imidazole rings is 1. The van der Waals surface area contributed by atoms with Crippen LogP contribution in [0.3, 0.4) is 0 Å². The van der Waals surface area contributed by atoms with Crippen LogP contribution in [-0.4, -0.2) is 16.5 Å². The van der Waals surface area contributed by atoms with Crippen molar-refractivity contribution in [3.05, 3.63) is 52.1 Å². The number of hydrogen-bond donors (Lipinski definition) is 0. The molecule has 0 bridgehead atoms. The van der Waals surface area contributed by atoms with Gasteiger partial charge in [0.1, 0.15) is 17.1 Å². The lowest BCUT2D eigenvalue weighted by molar-refractivity contribution is 0.413. The van der Waals surface area contributed by atoms with Gasteiger partial charge in [0.05, 0.1) is 7.11 Å². The highest BCUT2D eigenvalue weighted by molar-refractivity contribution is 5.80. The minimum Gasteiger partial charge on any atom is -0.496 e. The van der Waals surface area contributed by atoms with E-state index in [2.05, 4.69) is 10.2 Å². The van der Waals surface area contributed by atoms with E-state index >= 15 is 0 Å². The Morgan fingerprint density at radius 2 is 1.95 bits per heavy atom. The second kappa shape index (κ2) is 5.26. The predicted molar refractivity (Wildman–Crippen MR) is 86.8 cm³/mol. The summed E-state index contributed by atoms with van der Waals surface area (Å²) in [7, 11) is 1.62. The lowest BCUT2D eigenvalue weighted by atomic mass is 10.0. The molecular weight excluding hydrogens is 278 g/mol. The number of nitroso groups, excluding NO2 is 1. The van der Waals surface area contributed by atoms with Gasteiger partial charge >= 0.3 is 0 Å². The number of nitrogens with zero attached hydrogens (tertiary/aromatic N) is 3. The molecule has 0 saturated heterocycles. The molecule has 22 heavy (non-hydrogen) atoms. The van der Waals surface area contributed by atoms with Crippen LogP contribution >= 0.6 is 0 Å². The summed E-state index contributed by atoms with van der Waals surface area (Å²) >= 11 is 0. The molecule has 0 N–H and O–H groups in total. The third-order valence-corrected chi connectivity index (χ3v) is 3.78. The van der Waals surface area contributed by atoms with Crippen LogP contribution in [-0.2, 0) is 0 Å². The second-order valence-electron chi connectivity index (χ2n) is 5.42. The summed E-state index contributed by atoms with van der Waals surface area (Å²) in [5.41, 5.74) is 5.14. The van der Waals surface area contributed by atoms with Crippen molar-refractivity contribution in [3.63, 3.8) is 0 Å². The van der Waals surface area contributed by atoms with Crippen molar-refractivity contribution >= 4 is 11.5 Å². The molecular formula is C17H17N3O2. The van der Waals surface area contributed by atoms with E-state index in [9.17, 15) is 4.91 Å². The molecule has 0 radical (unpaired) electrons. The average molecular weight is 295 g/mol. The lowest BCUT2D eigenvalue weighted by Gasteiger charge is -2.11. The van der Waals surface area contributed by atoms with Crippen LogP contribution in [0.2, 0.25) is 0 Å². The first-order chi connectivity index (χ1) is 10.6. The van der Waals surface area contributed by atoms with E-state index in [4.69, 9.17) is 4.74 Å². The molecule has 2 heterocycles. The Morgan fingerprint density at radius 1 is 1.18 bits per heavy atom. The van der Waals surface area contributed by atoms with E-state index < -0.39 is 0 Å². The van der Waals surface area contributed by atoms with Gasteiger partial charge in [-0.05, 0) is 54.8 Å². The van der Waals surface area contributed by atoms with Gasteiger partial charge in [-0.1, -0.05) is 12.1 Å². The van der Waals surface area contributed by atoms with Crippen LogP contribution in [0.15, 0.2) is 35.6 Å². The zero-order valence-corrected chi connectivity index (χ0v) is 13.0. The van der Waals surface area contributed by atoms with E-state index in [0.717, 1.165) is 33.7 Å². The first-order valence-corrected chi connectivity index (χ1v) is 7.03. The van der Waals surface area contributed by atoms with Crippen LogP contribution in [0, 0.1) is 25.7 Å². The maximum Gasteiger partial charge on any atom is 0.209 e. The smallest absolute Gasteiger partial charge is 0.209 e. The van der Waals surface area contributed by atoms with Gasteiger partial charge in [-0.25, -0.2) is 4.98 Å². The summed E-state index contributed by atoms with van der Waals surface area (Å²) in [6.07, 6.45) is 1.80. The highest BCUT2D eigenvalue weighted by Gasteiger charge is 2.20. The first-order valence-electron chi connectivity index (χ1n) is 7.03. The third kappa shape index (κ3) is 2.06. The van der Waals surface area contributed by atoms with Crippen molar-refractivity contribution in [2.75, 3.05) is 7.11 Å². The zero-order valence-electron chi connectivity index (χ0n) is 13.0. The Labute approximate surface area is 128 Å². The number of hydrogen-bond acceptors (Lipinski definition) is 4. The first kappa shape index (κ1) is 14.3. The molecule has 112 valence electrons. The van der Waals surface area contributed by atoms with Crippen LogP contribution < -0.4 is 4.74 Å². The molecule has 0 unspecified atom stereocenters. The van der Waals surface area contributed by atoms with Gasteiger partial charge in [0.2, 0.25) is 5.82 Å². The molecule has 1 aromatic carbocycles. The van der Waals surface area contributed by atoms with Crippen molar-refractivity contribution in [1.29, 1.82) is 0 Å². The highest BCUT2D eigenvalue weighted by Crippen LogP contribution is 2.39. The molecule has 2 aromatic heterocycles. The minimum absolute atomic E-state index is 0.294. The molecule has 3 aromatic rings. The Morgan fingerprint density at radius 3 is 2.64 bits per heavy atom. The van der Waals surface area contributed by atoms with Gasteiger partial charge in [-0.3, -0.25) is 4.40 Å².